The molecule has 0 aliphatic heterocycles. The Hall–Kier alpha value is -1.57. The lowest BCUT2D eigenvalue weighted by molar-refractivity contribution is 0.102. The Morgan fingerprint density at radius 1 is 1.29 bits per heavy atom. The highest BCUT2D eigenvalue weighted by molar-refractivity contribution is 9.10. The van der Waals surface area contributed by atoms with E-state index in [9.17, 15) is 4.79 Å². The van der Waals surface area contributed by atoms with Crippen molar-refractivity contribution >= 4 is 50.3 Å². The van der Waals surface area contributed by atoms with Crippen molar-refractivity contribution in [2.75, 3.05) is 5.32 Å². The summed E-state index contributed by atoms with van der Waals surface area (Å²) in [4.78, 5) is 21.7. The van der Waals surface area contributed by atoms with E-state index >= 15 is 0 Å². The van der Waals surface area contributed by atoms with E-state index in [1.54, 1.807) is 22.9 Å². The fourth-order valence-electron chi connectivity index (χ4n) is 1.70. The summed E-state index contributed by atoms with van der Waals surface area (Å²) in [6.45, 7) is 1.95. The van der Waals surface area contributed by atoms with Gasteiger partial charge in [0, 0.05) is 21.4 Å². The molecule has 4 nitrogen and oxygen atoms in total. The van der Waals surface area contributed by atoms with Crippen molar-refractivity contribution in [2.45, 2.75) is 6.92 Å². The number of pyridine rings is 1. The van der Waals surface area contributed by atoms with Crippen LogP contribution in [0.1, 0.15) is 16.1 Å². The van der Waals surface area contributed by atoms with Gasteiger partial charge in [-0.3, -0.25) is 4.79 Å². The molecule has 3 rings (SSSR count). The van der Waals surface area contributed by atoms with E-state index in [1.807, 2.05) is 30.5 Å². The molecule has 0 aliphatic rings. The zero-order valence-electron chi connectivity index (χ0n) is 11.0. The minimum atomic E-state index is -0.244. The van der Waals surface area contributed by atoms with Crippen molar-refractivity contribution in [3.05, 3.63) is 50.9 Å². The molecule has 0 aliphatic carbocycles. The molecule has 0 radical (unpaired) electrons. The third-order valence-corrected chi connectivity index (χ3v) is 5.37. The lowest BCUT2D eigenvalue weighted by atomic mass is 10.3. The number of nitrogens with one attached hydrogen (secondary N) is 1. The molecule has 0 bridgehead atoms. The molecule has 0 aromatic carbocycles. The molecule has 0 spiro atoms. The maximum atomic E-state index is 12.2. The van der Waals surface area contributed by atoms with Crippen LogP contribution >= 0.6 is 38.6 Å². The number of carbonyl (C=O) groups excluding carboxylic acids is 1. The van der Waals surface area contributed by atoms with E-state index in [0.29, 0.717) is 11.5 Å². The minimum Gasteiger partial charge on any atom is -0.305 e. The summed E-state index contributed by atoms with van der Waals surface area (Å²) in [6.07, 6.45) is 1.67. The smallest absolute Gasteiger partial charge is 0.276 e. The highest BCUT2D eigenvalue weighted by Gasteiger charge is 2.13. The number of carbonyl (C=O) groups is 1. The summed E-state index contributed by atoms with van der Waals surface area (Å²) >= 11 is 6.46. The average Bonchev–Trinajstić information content (AvgIpc) is 3.07. The van der Waals surface area contributed by atoms with E-state index in [4.69, 9.17) is 0 Å². The summed E-state index contributed by atoms with van der Waals surface area (Å²) in [5.41, 5.74) is 1.45. The number of thiophene rings is 1. The number of rotatable bonds is 3. The van der Waals surface area contributed by atoms with E-state index in [-0.39, 0.29) is 5.91 Å². The number of anilines is 1. The highest BCUT2D eigenvalue weighted by atomic mass is 79.9. The molecule has 0 saturated carbocycles. The minimum absolute atomic E-state index is 0.244. The highest BCUT2D eigenvalue weighted by Crippen LogP contribution is 2.32. The van der Waals surface area contributed by atoms with Crippen LogP contribution in [0.4, 0.5) is 5.82 Å². The lowest BCUT2D eigenvalue weighted by Gasteiger charge is -2.02. The zero-order chi connectivity index (χ0) is 14.8. The molecule has 0 fully saturated rings. The van der Waals surface area contributed by atoms with E-state index in [1.165, 1.54) is 11.3 Å². The summed E-state index contributed by atoms with van der Waals surface area (Å²) in [5.74, 6) is 0.291. The number of aryl methyl sites for hydroxylation is 1. The fourth-order valence-corrected chi connectivity index (χ4v) is 4.01. The number of nitrogens with zero attached hydrogens (tertiary/aromatic N) is 2. The number of hydrogen-bond acceptors (Lipinski definition) is 5. The Kier molecular flexibility index (Phi) is 4.14. The Balaban J connectivity index is 1.78. The number of hydrogen-bond donors (Lipinski definition) is 1. The molecule has 1 amide bonds. The van der Waals surface area contributed by atoms with Crippen molar-refractivity contribution in [3.63, 3.8) is 0 Å². The van der Waals surface area contributed by atoms with Gasteiger partial charge in [-0.2, -0.15) is 0 Å². The maximum Gasteiger partial charge on any atom is 0.276 e. The van der Waals surface area contributed by atoms with Crippen molar-refractivity contribution in [3.8, 4) is 9.88 Å². The Labute approximate surface area is 138 Å². The van der Waals surface area contributed by atoms with Gasteiger partial charge in [-0.1, -0.05) is 0 Å². The predicted octanol–water partition coefficient (Wildman–Crippen LogP) is 4.59. The molecule has 21 heavy (non-hydrogen) atoms. The van der Waals surface area contributed by atoms with Crippen LogP contribution in [0, 0.1) is 6.92 Å². The lowest BCUT2D eigenvalue weighted by Crippen LogP contribution is -2.13. The summed E-state index contributed by atoms with van der Waals surface area (Å²) < 4.78 is 1.02. The Morgan fingerprint density at radius 2 is 2.14 bits per heavy atom. The van der Waals surface area contributed by atoms with Gasteiger partial charge in [-0.15, -0.1) is 22.7 Å². The third kappa shape index (κ3) is 3.37. The van der Waals surface area contributed by atoms with Gasteiger partial charge >= 0.3 is 0 Å². The van der Waals surface area contributed by atoms with Gasteiger partial charge < -0.3 is 5.32 Å². The van der Waals surface area contributed by atoms with Crippen LogP contribution in [0.5, 0.6) is 0 Å². The molecule has 0 atom stereocenters. The molecule has 1 N–H and O–H groups in total. The molecular formula is C14H10BrN3OS2. The molecule has 0 unspecified atom stereocenters. The molecule has 3 aromatic rings. The maximum absolute atomic E-state index is 12.2. The van der Waals surface area contributed by atoms with Crippen LogP contribution in [-0.2, 0) is 0 Å². The first-order chi connectivity index (χ1) is 10.1. The van der Waals surface area contributed by atoms with Crippen molar-refractivity contribution in [2.24, 2.45) is 0 Å². The molecule has 3 heterocycles. The first-order valence-electron chi connectivity index (χ1n) is 6.06. The second-order valence-corrected chi connectivity index (χ2v) is 7.02. The van der Waals surface area contributed by atoms with Crippen LogP contribution in [0.25, 0.3) is 9.88 Å². The Morgan fingerprint density at radius 3 is 2.86 bits per heavy atom. The van der Waals surface area contributed by atoms with Crippen LogP contribution in [0.2, 0.25) is 0 Å². The fraction of sp³-hybridized carbons (Fsp3) is 0.0714. The van der Waals surface area contributed by atoms with Gasteiger partial charge in [-0.25, -0.2) is 9.97 Å². The van der Waals surface area contributed by atoms with Crippen LogP contribution in [-0.4, -0.2) is 15.9 Å². The van der Waals surface area contributed by atoms with Crippen molar-refractivity contribution in [1.82, 2.24) is 9.97 Å². The van der Waals surface area contributed by atoms with Gasteiger partial charge in [0.2, 0.25) is 0 Å². The quantitative estimate of drug-likeness (QED) is 0.723. The summed E-state index contributed by atoms with van der Waals surface area (Å²) in [6, 6.07) is 5.69. The van der Waals surface area contributed by atoms with Crippen molar-refractivity contribution < 1.29 is 4.79 Å². The van der Waals surface area contributed by atoms with Gasteiger partial charge in [0.15, 0.2) is 0 Å². The number of halogens is 1. The third-order valence-electron chi connectivity index (χ3n) is 2.67. The topological polar surface area (TPSA) is 54.9 Å². The normalized spacial score (nSPS) is 10.6. The molecule has 3 aromatic heterocycles. The van der Waals surface area contributed by atoms with E-state index in [2.05, 4.69) is 31.2 Å². The van der Waals surface area contributed by atoms with Crippen LogP contribution in [0.3, 0.4) is 0 Å². The monoisotopic (exact) mass is 379 g/mol. The summed E-state index contributed by atoms with van der Waals surface area (Å²) in [5, 5.41) is 7.35. The van der Waals surface area contributed by atoms with Gasteiger partial charge in [-0.05, 0) is 46.6 Å². The second-order valence-electron chi connectivity index (χ2n) is 4.34. The number of amides is 1. The molecule has 7 heteroatoms. The van der Waals surface area contributed by atoms with E-state index < -0.39 is 0 Å². The molecule has 106 valence electrons. The number of aromatic nitrogens is 2. The first kappa shape index (κ1) is 14.4. The van der Waals surface area contributed by atoms with Gasteiger partial charge in [0.1, 0.15) is 16.5 Å². The predicted molar refractivity (Wildman–Crippen MR) is 90.1 cm³/mol. The Bertz CT molecular complexity index is 797. The van der Waals surface area contributed by atoms with E-state index in [0.717, 1.165) is 19.9 Å². The van der Waals surface area contributed by atoms with Gasteiger partial charge in [0.25, 0.3) is 5.91 Å². The largest absolute Gasteiger partial charge is 0.305 e. The first-order valence-corrected chi connectivity index (χ1v) is 8.61. The zero-order valence-corrected chi connectivity index (χ0v) is 14.2. The molecular weight excluding hydrogens is 370 g/mol. The average molecular weight is 380 g/mol. The summed E-state index contributed by atoms with van der Waals surface area (Å²) in [7, 11) is 0. The van der Waals surface area contributed by atoms with Crippen LogP contribution < -0.4 is 5.32 Å². The van der Waals surface area contributed by atoms with Gasteiger partial charge in [0.05, 0.1) is 4.88 Å². The van der Waals surface area contributed by atoms with Crippen molar-refractivity contribution in [1.29, 1.82) is 0 Å². The number of thiazole rings is 1. The SMILES string of the molecule is Cc1ccnc(NC(=O)c2csc(-c3cc(Br)cs3)n2)c1. The molecule has 0 saturated heterocycles. The standard InChI is InChI=1S/C14H10BrN3OS2/c1-8-2-3-16-12(4-8)18-13(19)10-7-21-14(17-10)11-5-9(15)6-20-11/h2-7H,1H3,(H,16,18,19). The second kappa shape index (κ2) is 6.05. The van der Waals surface area contributed by atoms with Crippen LogP contribution in [0.15, 0.2) is 39.6 Å².